The molecule has 0 radical (unpaired) electrons. The quantitative estimate of drug-likeness (QED) is 0.236. The normalized spacial score (nSPS) is 12.5. The van der Waals surface area contributed by atoms with E-state index in [9.17, 15) is 9.90 Å². The fourth-order valence-corrected chi connectivity index (χ4v) is 4.96. The topological polar surface area (TPSA) is 97.5 Å². The molecule has 2 heterocycles. The molecule has 1 unspecified atom stereocenters. The zero-order chi connectivity index (χ0) is 26.6. The number of rotatable bonds is 11. The molecule has 0 aliphatic carbocycles. The summed E-state index contributed by atoms with van der Waals surface area (Å²) in [5.41, 5.74) is 3.53. The van der Waals surface area contributed by atoms with E-state index in [1.54, 1.807) is 25.2 Å². The number of thiazole rings is 1. The molecule has 194 valence electrons. The Bertz CT molecular complexity index is 1320. The third-order valence-electron chi connectivity index (χ3n) is 6.28. The fourth-order valence-electron chi connectivity index (χ4n) is 4.21. The molecule has 1 atom stereocenters. The zero-order valence-electron chi connectivity index (χ0n) is 21.9. The first kappa shape index (κ1) is 26.6. The van der Waals surface area contributed by atoms with Crippen molar-refractivity contribution in [1.82, 2.24) is 15.3 Å². The number of oxazole rings is 1. The first-order valence-corrected chi connectivity index (χ1v) is 13.2. The Labute approximate surface area is 221 Å². The Hall–Kier alpha value is -3.49. The molecule has 0 aliphatic rings. The van der Waals surface area contributed by atoms with Crippen LogP contribution in [0.25, 0.3) is 11.5 Å². The van der Waals surface area contributed by atoms with Crippen molar-refractivity contribution >= 4 is 17.3 Å². The van der Waals surface area contributed by atoms with E-state index in [0.29, 0.717) is 18.2 Å². The molecular weight excluding hydrogens is 486 g/mol. The van der Waals surface area contributed by atoms with Crippen LogP contribution in [0, 0.1) is 20.8 Å². The lowest BCUT2D eigenvalue weighted by Gasteiger charge is -2.25. The molecule has 37 heavy (non-hydrogen) atoms. The van der Waals surface area contributed by atoms with E-state index in [1.165, 1.54) is 0 Å². The van der Waals surface area contributed by atoms with Crippen molar-refractivity contribution in [3.05, 3.63) is 87.2 Å². The number of aliphatic carboxylic acids is 1. The second kappa shape index (κ2) is 11.3. The molecule has 2 aromatic heterocycles. The van der Waals surface area contributed by atoms with E-state index in [2.05, 4.69) is 10.3 Å². The summed E-state index contributed by atoms with van der Waals surface area (Å²) in [6.45, 7) is 9.60. The molecular formula is C29H33N3O4S. The molecule has 0 saturated carbocycles. The number of carboxylic acid groups (broad SMARTS) is 1. The van der Waals surface area contributed by atoms with Gasteiger partial charge in [-0.2, -0.15) is 0 Å². The highest BCUT2D eigenvalue weighted by Gasteiger charge is 2.30. The summed E-state index contributed by atoms with van der Waals surface area (Å²) < 4.78 is 11.8. The maximum absolute atomic E-state index is 11.5. The number of aromatic nitrogens is 2. The van der Waals surface area contributed by atoms with Crippen LogP contribution in [0.4, 0.5) is 0 Å². The molecule has 0 bridgehead atoms. The van der Waals surface area contributed by atoms with E-state index in [1.807, 2.05) is 74.8 Å². The summed E-state index contributed by atoms with van der Waals surface area (Å²) in [5, 5.41) is 16.1. The summed E-state index contributed by atoms with van der Waals surface area (Å²) >= 11 is 1.63. The van der Waals surface area contributed by atoms with Crippen molar-refractivity contribution < 1.29 is 19.1 Å². The van der Waals surface area contributed by atoms with Crippen LogP contribution in [-0.2, 0) is 17.8 Å². The van der Waals surface area contributed by atoms with E-state index < -0.39 is 11.6 Å². The third-order valence-corrected chi connectivity index (χ3v) is 7.17. The zero-order valence-corrected chi connectivity index (χ0v) is 22.7. The maximum Gasteiger partial charge on any atom is 0.347 e. The monoisotopic (exact) mass is 519 g/mol. The lowest BCUT2D eigenvalue weighted by Crippen LogP contribution is -2.38. The van der Waals surface area contributed by atoms with E-state index in [4.69, 9.17) is 14.1 Å². The first-order chi connectivity index (χ1) is 17.6. The fraction of sp³-hybridized carbons (Fsp3) is 0.345. The summed E-state index contributed by atoms with van der Waals surface area (Å²) in [5.74, 6) is 1.10. The number of ether oxygens (including phenoxy) is 1. The Morgan fingerprint density at radius 2 is 1.86 bits per heavy atom. The summed E-state index contributed by atoms with van der Waals surface area (Å²) in [7, 11) is 0. The molecule has 0 aliphatic heterocycles. The molecule has 8 heteroatoms. The Morgan fingerprint density at radius 3 is 2.49 bits per heavy atom. The van der Waals surface area contributed by atoms with Gasteiger partial charge in [-0.15, -0.1) is 11.3 Å². The number of carboxylic acids is 1. The SMILES string of the molecule is Cc1cc(CNC(CCc2nc(-c3ccccc3)oc2C)c2nccs2)cc(C)c1OC(C)(C)C(=O)O. The predicted octanol–water partition coefficient (Wildman–Crippen LogP) is 6.43. The van der Waals surface area contributed by atoms with Crippen LogP contribution in [-0.4, -0.2) is 26.6 Å². The number of benzene rings is 2. The highest BCUT2D eigenvalue weighted by Crippen LogP contribution is 2.30. The lowest BCUT2D eigenvalue weighted by atomic mass is 10.0. The van der Waals surface area contributed by atoms with Crippen LogP contribution in [0.5, 0.6) is 5.75 Å². The van der Waals surface area contributed by atoms with Crippen LogP contribution in [0.1, 0.15) is 59.5 Å². The van der Waals surface area contributed by atoms with Gasteiger partial charge in [-0.25, -0.2) is 14.8 Å². The van der Waals surface area contributed by atoms with E-state index in [0.717, 1.165) is 51.6 Å². The van der Waals surface area contributed by atoms with Crippen molar-refractivity contribution in [2.24, 2.45) is 0 Å². The standard InChI is InChI=1S/C29H33N3O4S/c1-18-15-21(16-19(2)25(18)36-29(4,5)28(33)34)17-31-24(27-30-13-14-37-27)12-11-23-20(3)35-26(32-23)22-9-7-6-8-10-22/h6-10,13-16,24,31H,11-12,17H2,1-5H3,(H,33,34). The van der Waals surface area contributed by atoms with E-state index >= 15 is 0 Å². The minimum absolute atomic E-state index is 0.0544. The van der Waals surface area contributed by atoms with Crippen molar-refractivity contribution in [1.29, 1.82) is 0 Å². The van der Waals surface area contributed by atoms with E-state index in [-0.39, 0.29) is 6.04 Å². The van der Waals surface area contributed by atoms with Crippen molar-refractivity contribution in [3.63, 3.8) is 0 Å². The van der Waals surface area contributed by atoms with Gasteiger partial charge in [-0.05, 0) is 76.3 Å². The van der Waals surface area contributed by atoms with Gasteiger partial charge in [0.25, 0.3) is 0 Å². The Balaban J connectivity index is 1.46. The number of hydrogen-bond donors (Lipinski definition) is 2. The van der Waals surface area contributed by atoms with Crippen molar-refractivity contribution in [2.75, 3.05) is 0 Å². The van der Waals surface area contributed by atoms with Gasteiger partial charge in [0.15, 0.2) is 5.60 Å². The Kier molecular flexibility index (Phi) is 8.10. The van der Waals surface area contributed by atoms with Crippen LogP contribution in [0.3, 0.4) is 0 Å². The summed E-state index contributed by atoms with van der Waals surface area (Å²) in [4.78, 5) is 20.8. The van der Waals surface area contributed by atoms with Crippen LogP contribution < -0.4 is 10.1 Å². The van der Waals surface area contributed by atoms with Crippen LogP contribution in [0.2, 0.25) is 0 Å². The van der Waals surface area contributed by atoms with Gasteiger partial charge in [0.2, 0.25) is 5.89 Å². The molecule has 0 fully saturated rings. The summed E-state index contributed by atoms with van der Waals surface area (Å²) in [6.07, 6.45) is 3.41. The average molecular weight is 520 g/mol. The molecule has 0 spiro atoms. The summed E-state index contributed by atoms with van der Waals surface area (Å²) in [6, 6.07) is 14.1. The second-order valence-electron chi connectivity index (χ2n) is 9.71. The first-order valence-electron chi connectivity index (χ1n) is 12.3. The number of aryl methyl sites for hydroxylation is 4. The Morgan fingerprint density at radius 1 is 1.16 bits per heavy atom. The molecule has 2 N–H and O–H groups in total. The lowest BCUT2D eigenvalue weighted by molar-refractivity contribution is -0.152. The molecule has 7 nitrogen and oxygen atoms in total. The van der Waals surface area contributed by atoms with Gasteiger partial charge in [0.1, 0.15) is 16.5 Å². The largest absolute Gasteiger partial charge is 0.478 e. The number of carbonyl (C=O) groups is 1. The van der Waals surface area contributed by atoms with Crippen LogP contribution in [0.15, 0.2) is 58.5 Å². The average Bonchev–Trinajstić information content (AvgIpc) is 3.52. The van der Waals surface area contributed by atoms with Gasteiger partial charge in [0, 0.05) is 23.7 Å². The van der Waals surface area contributed by atoms with Crippen molar-refractivity contribution in [2.45, 2.75) is 65.6 Å². The smallest absolute Gasteiger partial charge is 0.347 e. The van der Waals surface area contributed by atoms with Gasteiger partial charge in [0.05, 0.1) is 11.7 Å². The van der Waals surface area contributed by atoms with Gasteiger partial charge < -0.3 is 19.6 Å². The molecule has 4 rings (SSSR count). The number of nitrogens with zero attached hydrogens (tertiary/aromatic N) is 2. The van der Waals surface area contributed by atoms with Crippen molar-refractivity contribution in [3.8, 4) is 17.2 Å². The molecule has 4 aromatic rings. The second-order valence-corrected chi connectivity index (χ2v) is 10.6. The highest BCUT2D eigenvalue weighted by atomic mass is 32.1. The van der Waals surface area contributed by atoms with Gasteiger partial charge >= 0.3 is 5.97 Å². The van der Waals surface area contributed by atoms with Gasteiger partial charge in [-0.1, -0.05) is 30.3 Å². The molecule has 0 amide bonds. The minimum atomic E-state index is -1.30. The highest BCUT2D eigenvalue weighted by molar-refractivity contribution is 7.09. The number of hydrogen-bond acceptors (Lipinski definition) is 7. The predicted molar refractivity (Wildman–Crippen MR) is 145 cm³/mol. The number of nitrogens with one attached hydrogen (secondary N) is 1. The molecule has 2 aromatic carbocycles. The third kappa shape index (κ3) is 6.45. The minimum Gasteiger partial charge on any atom is -0.478 e. The maximum atomic E-state index is 11.5. The molecule has 0 saturated heterocycles. The van der Waals surface area contributed by atoms with Gasteiger partial charge in [-0.3, -0.25) is 0 Å². The van der Waals surface area contributed by atoms with Crippen LogP contribution >= 0.6 is 11.3 Å².